The van der Waals surface area contributed by atoms with E-state index in [1.165, 1.54) is 10.9 Å². The van der Waals surface area contributed by atoms with Crippen LogP contribution in [0.25, 0.3) is 11.0 Å². The Hall–Kier alpha value is -1.32. The fourth-order valence-corrected chi connectivity index (χ4v) is 1.90. The lowest BCUT2D eigenvalue weighted by atomic mass is 10.1. The molecule has 0 aliphatic heterocycles. The van der Waals surface area contributed by atoms with Gasteiger partial charge in [0.1, 0.15) is 18.0 Å². The first-order chi connectivity index (χ1) is 8.36. The monoisotopic (exact) mass is 233 g/mol. The third kappa shape index (κ3) is 2.68. The molecule has 0 amide bonds. The van der Waals surface area contributed by atoms with Crippen LogP contribution < -0.4 is 5.32 Å². The number of hydrogen-bond acceptors (Lipinski definition) is 3. The predicted molar refractivity (Wildman–Crippen MR) is 68.9 cm³/mol. The van der Waals surface area contributed by atoms with Crippen molar-refractivity contribution in [1.82, 2.24) is 5.32 Å². The molecule has 1 aromatic carbocycles. The molecule has 0 atom stereocenters. The molecular formula is C14H19NO2. The minimum absolute atomic E-state index is 0.548. The number of fused-ring (bicyclic) bond motifs is 1. The highest BCUT2D eigenvalue weighted by atomic mass is 16.5. The van der Waals surface area contributed by atoms with Crippen LogP contribution in [0.3, 0.4) is 0 Å². The zero-order valence-corrected chi connectivity index (χ0v) is 10.5. The standard InChI is InChI=1S/C14H19NO2/c1-3-15-9-12-11-7-5-6-8-13(11)17-14(12)10-16-4-2/h5-8,15H,3-4,9-10H2,1-2H3. The van der Waals surface area contributed by atoms with Crippen molar-refractivity contribution in [2.75, 3.05) is 13.2 Å². The van der Waals surface area contributed by atoms with Crippen LogP contribution in [0, 0.1) is 0 Å². The molecule has 0 saturated carbocycles. The molecule has 1 aromatic heterocycles. The first-order valence-electron chi connectivity index (χ1n) is 6.14. The molecule has 1 heterocycles. The van der Waals surface area contributed by atoms with Gasteiger partial charge >= 0.3 is 0 Å². The van der Waals surface area contributed by atoms with E-state index >= 15 is 0 Å². The Morgan fingerprint density at radius 3 is 2.82 bits per heavy atom. The van der Waals surface area contributed by atoms with Crippen molar-refractivity contribution in [3.05, 3.63) is 35.6 Å². The van der Waals surface area contributed by atoms with Crippen LogP contribution in [-0.4, -0.2) is 13.2 Å². The number of hydrogen-bond donors (Lipinski definition) is 1. The molecular weight excluding hydrogens is 214 g/mol. The van der Waals surface area contributed by atoms with Crippen LogP contribution in [0.5, 0.6) is 0 Å². The first-order valence-corrected chi connectivity index (χ1v) is 6.14. The lowest BCUT2D eigenvalue weighted by Crippen LogP contribution is -2.12. The van der Waals surface area contributed by atoms with E-state index in [0.717, 1.165) is 24.4 Å². The van der Waals surface area contributed by atoms with E-state index < -0.39 is 0 Å². The molecule has 92 valence electrons. The van der Waals surface area contributed by atoms with Crippen molar-refractivity contribution in [3.63, 3.8) is 0 Å². The average molecular weight is 233 g/mol. The number of ether oxygens (including phenoxy) is 1. The largest absolute Gasteiger partial charge is 0.458 e. The van der Waals surface area contributed by atoms with E-state index in [1.54, 1.807) is 0 Å². The second-order valence-corrected chi connectivity index (χ2v) is 3.92. The molecule has 0 aliphatic carbocycles. The van der Waals surface area contributed by atoms with E-state index in [0.29, 0.717) is 13.2 Å². The SMILES string of the molecule is CCNCc1c(COCC)oc2ccccc12. The minimum Gasteiger partial charge on any atom is -0.458 e. The molecule has 0 unspecified atom stereocenters. The Labute approximate surface area is 102 Å². The molecule has 0 radical (unpaired) electrons. The van der Waals surface area contributed by atoms with Gasteiger partial charge in [0.15, 0.2) is 0 Å². The maximum atomic E-state index is 5.83. The smallest absolute Gasteiger partial charge is 0.135 e. The van der Waals surface area contributed by atoms with Gasteiger partial charge in [-0.15, -0.1) is 0 Å². The Balaban J connectivity index is 2.34. The summed E-state index contributed by atoms with van der Waals surface area (Å²) >= 11 is 0. The fraction of sp³-hybridized carbons (Fsp3) is 0.429. The molecule has 0 bridgehead atoms. The molecule has 3 nitrogen and oxygen atoms in total. The lowest BCUT2D eigenvalue weighted by Gasteiger charge is -2.03. The summed E-state index contributed by atoms with van der Waals surface area (Å²) in [6.45, 7) is 7.13. The van der Waals surface area contributed by atoms with Gasteiger partial charge in [-0.3, -0.25) is 0 Å². The summed E-state index contributed by atoms with van der Waals surface area (Å²) in [6.07, 6.45) is 0. The highest BCUT2D eigenvalue weighted by Crippen LogP contribution is 2.26. The van der Waals surface area contributed by atoms with Crippen molar-refractivity contribution in [3.8, 4) is 0 Å². The minimum atomic E-state index is 0.548. The van der Waals surface area contributed by atoms with Gasteiger partial charge in [0, 0.05) is 24.1 Å². The van der Waals surface area contributed by atoms with Crippen molar-refractivity contribution in [1.29, 1.82) is 0 Å². The molecule has 0 fully saturated rings. The normalized spacial score (nSPS) is 11.2. The maximum Gasteiger partial charge on any atom is 0.135 e. The van der Waals surface area contributed by atoms with Gasteiger partial charge in [-0.05, 0) is 19.5 Å². The number of nitrogens with one attached hydrogen (secondary N) is 1. The lowest BCUT2D eigenvalue weighted by molar-refractivity contribution is 0.118. The zero-order chi connectivity index (χ0) is 12.1. The van der Waals surface area contributed by atoms with Gasteiger partial charge in [-0.2, -0.15) is 0 Å². The Bertz CT molecular complexity index is 476. The van der Waals surface area contributed by atoms with Gasteiger partial charge in [-0.25, -0.2) is 0 Å². The third-order valence-corrected chi connectivity index (χ3v) is 2.77. The van der Waals surface area contributed by atoms with E-state index in [4.69, 9.17) is 9.15 Å². The third-order valence-electron chi connectivity index (χ3n) is 2.77. The van der Waals surface area contributed by atoms with Crippen molar-refractivity contribution < 1.29 is 9.15 Å². The quantitative estimate of drug-likeness (QED) is 0.832. The molecule has 2 aromatic rings. The summed E-state index contributed by atoms with van der Waals surface area (Å²) in [4.78, 5) is 0. The summed E-state index contributed by atoms with van der Waals surface area (Å²) in [5, 5.41) is 4.53. The summed E-state index contributed by atoms with van der Waals surface area (Å²) in [7, 11) is 0. The zero-order valence-electron chi connectivity index (χ0n) is 10.5. The second kappa shape index (κ2) is 5.84. The van der Waals surface area contributed by atoms with Crippen LogP contribution in [-0.2, 0) is 17.9 Å². The molecule has 17 heavy (non-hydrogen) atoms. The van der Waals surface area contributed by atoms with Crippen molar-refractivity contribution >= 4 is 11.0 Å². The first kappa shape index (κ1) is 12.1. The topological polar surface area (TPSA) is 34.4 Å². The van der Waals surface area contributed by atoms with Crippen molar-refractivity contribution in [2.45, 2.75) is 27.0 Å². The highest BCUT2D eigenvalue weighted by molar-refractivity contribution is 5.82. The number of rotatable bonds is 6. The van der Waals surface area contributed by atoms with Crippen LogP contribution in [0.2, 0.25) is 0 Å². The number of benzene rings is 1. The Morgan fingerprint density at radius 1 is 1.24 bits per heavy atom. The Kier molecular flexibility index (Phi) is 4.18. The fourth-order valence-electron chi connectivity index (χ4n) is 1.90. The predicted octanol–water partition coefficient (Wildman–Crippen LogP) is 3.08. The molecule has 2 rings (SSSR count). The number of para-hydroxylation sites is 1. The molecule has 0 aliphatic rings. The van der Waals surface area contributed by atoms with E-state index in [1.807, 2.05) is 25.1 Å². The van der Waals surface area contributed by atoms with E-state index in [9.17, 15) is 0 Å². The summed E-state index contributed by atoms with van der Waals surface area (Å²) < 4.78 is 11.3. The Morgan fingerprint density at radius 2 is 2.06 bits per heavy atom. The van der Waals surface area contributed by atoms with Crippen molar-refractivity contribution in [2.24, 2.45) is 0 Å². The van der Waals surface area contributed by atoms with Gasteiger partial charge < -0.3 is 14.5 Å². The van der Waals surface area contributed by atoms with E-state index in [2.05, 4.69) is 18.3 Å². The highest BCUT2D eigenvalue weighted by Gasteiger charge is 2.12. The van der Waals surface area contributed by atoms with Crippen LogP contribution in [0.15, 0.2) is 28.7 Å². The average Bonchev–Trinajstić information content (AvgIpc) is 2.71. The second-order valence-electron chi connectivity index (χ2n) is 3.92. The molecule has 3 heteroatoms. The summed E-state index contributed by atoms with van der Waals surface area (Å²) in [5.41, 5.74) is 2.16. The molecule has 0 spiro atoms. The summed E-state index contributed by atoms with van der Waals surface area (Å²) in [5.74, 6) is 0.939. The van der Waals surface area contributed by atoms with E-state index in [-0.39, 0.29) is 0 Å². The number of furan rings is 1. The maximum absolute atomic E-state index is 5.83. The van der Waals surface area contributed by atoms with Gasteiger partial charge in [0.25, 0.3) is 0 Å². The molecule has 1 N–H and O–H groups in total. The van der Waals surface area contributed by atoms with Gasteiger partial charge in [0.05, 0.1) is 0 Å². The van der Waals surface area contributed by atoms with Gasteiger partial charge in [-0.1, -0.05) is 25.1 Å². The van der Waals surface area contributed by atoms with Gasteiger partial charge in [0.2, 0.25) is 0 Å². The van der Waals surface area contributed by atoms with Crippen LogP contribution >= 0.6 is 0 Å². The van der Waals surface area contributed by atoms with Crippen LogP contribution in [0.1, 0.15) is 25.2 Å². The molecule has 0 saturated heterocycles. The summed E-state index contributed by atoms with van der Waals surface area (Å²) in [6, 6.07) is 8.13. The van der Waals surface area contributed by atoms with Crippen LogP contribution in [0.4, 0.5) is 0 Å².